The summed E-state index contributed by atoms with van der Waals surface area (Å²) in [5, 5.41) is 2.67. The molecule has 1 rings (SSSR count). The largest absolute Gasteiger partial charge is 0.464 e. The van der Waals surface area contributed by atoms with Crippen molar-refractivity contribution in [2.75, 3.05) is 13.2 Å². The van der Waals surface area contributed by atoms with Gasteiger partial charge in [0.05, 0.1) is 13.2 Å². The van der Waals surface area contributed by atoms with Crippen LogP contribution in [-0.4, -0.2) is 36.1 Å². The molecular formula is C16H24N2O4. The number of hydrogen-bond donors (Lipinski definition) is 1. The highest BCUT2D eigenvalue weighted by Gasteiger charge is 2.22. The molecular weight excluding hydrogens is 284 g/mol. The zero-order valence-electron chi connectivity index (χ0n) is 13.4. The summed E-state index contributed by atoms with van der Waals surface area (Å²) in [6, 6.07) is 3.01. The van der Waals surface area contributed by atoms with Gasteiger partial charge in [0.1, 0.15) is 12.6 Å². The third kappa shape index (κ3) is 7.17. The average Bonchev–Trinajstić information content (AvgIpc) is 2.47. The molecule has 0 saturated heterocycles. The number of carbonyl (C=O) groups is 2. The lowest BCUT2D eigenvalue weighted by Crippen LogP contribution is -2.44. The SMILES string of the molecule is CCOC(=O)[C@H](CC(C)C)NC(=O)COCc1ccncc1. The predicted octanol–water partition coefficient (Wildman–Crippen LogP) is 1.69. The van der Waals surface area contributed by atoms with E-state index in [4.69, 9.17) is 9.47 Å². The summed E-state index contributed by atoms with van der Waals surface area (Å²) in [4.78, 5) is 27.6. The summed E-state index contributed by atoms with van der Waals surface area (Å²) < 4.78 is 10.3. The van der Waals surface area contributed by atoms with E-state index in [1.807, 2.05) is 26.0 Å². The highest BCUT2D eigenvalue weighted by atomic mass is 16.5. The molecule has 0 aliphatic heterocycles. The molecule has 1 atom stereocenters. The van der Waals surface area contributed by atoms with Crippen LogP contribution in [0, 0.1) is 5.92 Å². The van der Waals surface area contributed by atoms with Gasteiger partial charge in [0, 0.05) is 12.4 Å². The van der Waals surface area contributed by atoms with Gasteiger partial charge in [-0.15, -0.1) is 0 Å². The Morgan fingerprint density at radius 3 is 2.55 bits per heavy atom. The Bertz CT molecular complexity index is 462. The van der Waals surface area contributed by atoms with Gasteiger partial charge in [-0.3, -0.25) is 9.78 Å². The van der Waals surface area contributed by atoms with Crippen molar-refractivity contribution in [2.45, 2.75) is 39.8 Å². The number of amides is 1. The molecule has 0 fully saturated rings. The van der Waals surface area contributed by atoms with Crippen LogP contribution in [0.25, 0.3) is 0 Å². The van der Waals surface area contributed by atoms with E-state index in [0.717, 1.165) is 5.56 Å². The third-order valence-corrected chi connectivity index (χ3v) is 2.86. The fourth-order valence-electron chi connectivity index (χ4n) is 1.90. The van der Waals surface area contributed by atoms with Crippen molar-refractivity contribution in [3.8, 4) is 0 Å². The minimum absolute atomic E-state index is 0.101. The molecule has 1 amide bonds. The molecule has 0 unspecified atom stereocenters. The van der Waals surface area contributed by atoms with E-state index in [1.165, 1.54) is 0 Å². The van der Waals surface area contributed by atoms with Gasteiger partial charge < -0.3 is 14.8 Å². The fraction of sp³-hybridized carbons (Fsp3) is 0.562. The number of ether oxygens (including phenoxy) is 2. The van der Waals surface area contributed by atoms with Gasteiger partial charge in [-0.2, -0.15) is 0 Å². The Morgan fingerprint density at radius 2 is 1.95 bits per heavy atom. The monoisotopic (exact) mass is 308 g/mol. The molecule has 122 valence electrons. The number of pyridine rings is 1. The third-order valence-electron chi connectivity index (χ3n) is 2.86. The molecule has 0 saturated carbocycles. The van der Waals surface area contributed by atoms with Crippen LogP contribution in [0.1, 0.15) is 32.8 Å². The van der Waals surface area contributed by atoms with Gasteiger partial charge in [0.15, 0.2) is 0 Å². The number of hydrogen-bond acceptors (Lipinski definition) is 5. The quantitative estimate of drug-likeness (QED) is 0.702. The van der Waals surface area contributed by atoms with Crippen LogP contribution in [-0.2, 0) is 25.7 Å². The maximum absolute atomic E-state index is 11.9. The Kier molecular flexibility index (Phi) is 8.14. The smallest absolute Gasteiger partial charge is 0.328 e. The number of esters is 1. The summed E-state index contributed by atoms with van der Waals surface area (Å²) in [5.74, 6) is -0.459. The van der Waals surface area contributed by atoms with E-state index < -0.39 is 12.0 Å². The fourth-order valence-corrected chi connectivity index (χ4v) is 1.90. The Morgan fingerprint density at radius 1 is 1.27 bits per heavy atom. The van der Waals surface area contributed by atoms with E-state index in [1.54, 1.807) is 19.3 Å². The summed E-state index contributed by atoms with van der Waals surface area (Å²) in [6.07, 6.45) is 3.87. The lowest BCUT2D eigenvalue weighted by atomic mass is 10.0. The maximum Gasteiger partial charge on any atom is 0.328 e. The number of carbonyl (C=O) groups excluding carboxylic acids is 2. The van der Waals surface area contributed by atoms with E-state index >= 15 is 0 Å². The molecule has 1 aromatic rings. The first-order valence-electron chi connectivity index (χ1n) is 7.45. The molecule has 0 aromatic carbocycles. The van der Waals surface area contributed by atoms with E-state index in [9.17, 15) is 9.59 Å². The van der Waals surface area contributed by atoms with Gasteiger partial charge in [-0.25, -0.2) is 4.79 Å². The van der Waals surface area contributed by atoms with E-state index in [-0.39, 0.29) is 18.4 Å². The molecule has 0 radical (unpaired) electrons. The number of nitrogens with zero attached hydrogens (tertiary/aromatic N) is 1. The van der Waals surface area contributed by atoms with Crippen LogP contribution in [0.2, 0.25) is 0 Å². The van der Waals surface area contributed by atoms with Crippen LogP contribution in [0.15, 0.2) is 24.5 Å². The van der Waals surface area contributed by atoms with Crippen LogP contribution in [0.3, 0.4) is 0 Å². The molecule has 6 heteroatoms. The van der Waals surface area contributed by atoms with Crippen molar-refractivity contribution in [3.63, 3.8) is 0 Å². The topological polar surface area (TPSA) is 77.5 Å². The highest BCUT2D eigenvalue weighted by Crippen LogP contribution is 2.07. The summed E-state index contributed by atoms with van der Waals surface area (Å²) in [6.45, 7) is 6.23. The van der Waals surface area contributed by atoms with Gasteiger partial charge >= 0.3 is 5.97 Å². The first kappa shape index (κ1) is 18.1. The lowest BCUT2D eigenvalue weighted by Gasteiger charge is -2.19. The van der Waals surface area contributed by atoms with Gasteiger partial charge in [-0.05, 0) is 37.0 Å². The molecule has 0 bridgehead atoms. The van der Waals surface area contributed by atoms with Crippen molar-refractivity contribution in [1.82, 2.24) is 10.3 Å². The second-order valence-electron chi connectivity index (χ2n) is 5.35. The molecule has 6 nitrogen and oxygen atoms in total. The second-order valence-corrected chi connectivity index (χ2v) is 5.35. The number of aromatic nitrogens is 1. The predicted molar refractivity (Wildman–Crippen MR) is 81.9 cm³/mol. The van der Waals surface area contributed by atoms with Crippen LogP contribution in [0.5, 0.6) is 0 Å². The van der Waals surface area contributed by atoms with E-state index in [0.29, 0.717) is 19.6 Å². The maximum atomic E-state index is 11.9. The second kappa shape index (κ2) is 9.89. The zero-order valence-corrected chi connectivity index (χ0v) is 13.4. The van der Waals surface area contributed by atoms with Crippen LogP contribution < -0.4 is 5.32 Å². The molecule has 0 aliphatic rings. The number of rotatable bonds is 9. The Hall–Kier alpha value is -1.95. The minimum atomic E-state index is -0.628. The summed E-state index contributed by atoms with van der Waals surface area (Å²) >= 11 is 0. The standard InChI is InChI=1S/C16H24N2O4/c1-4-22-16(20)14(9-12(2)3)18-15(19)11-21-10-13-5-7-17-8-6-13/h5-8,12,14H,4,9-11H2,1-3H3,(H,18,19)/t14-/m0/s1. The molecule has 1 aromatic heterocycles. The first-order valence-corrected chi connectivity index (χ1v) is 7.45. The van der Waals surface area contributed by atoms with Crippen molar-refractivity contribution in [1.29, 1.82) is 0 Å². The lowest BCUT2D eigenvalue weighted by molar-refractivity contribution is -0.148. The van der Waals surface area contributed by atoms with E-state index in [2.05, 4.69) is 10.3 Å². The first-order chi connectivity index (χ1) is 10.5. The minimum Gasteiger partial charge on any atom is -0.464 e. The molecule has 0 aliphatic carbocycles. The molecule has 22 heavy (non-hydrogen) atoms. The van der Waals surface area contributed by atoms with Gasteiger partial charge in [0.25, 0.3) is 0 Å². The van der Waals surface area contributed by atoms with Crippen LogP contribution >= 0.6 is 0 Å². The summed E-state index contributed by atoms with van der Waals surface area (Å²) in [5.41, 5.74) is 0.937. The summed E-state index contributed by atoms with van der Waals surface area (Å²) in [7, 11) is 0. The Balaban J connectivity index is 2.40. The van der Waals surface area contributed by atoms with Crippen molar-refractivity contribution < 1.29 is 19.1 Å². The van der Waals surface area contributed by atoms with Crippen molar-refractivity contribution >= 4 is 11.9 Å². The van der Waals surface area contributed by atoms with Crippen molar-refractivity contribution in [2.24, 2.45) is 5.92 Å². The average molecular weight is 308 g/mol. The highest BCUT2D eigenvalue weighted by molar-refractivity contribution is 5.85. The molecule has 1 heterocycles. The van der Waals surface area contributed by atoms with Gasteiger partial charge in [-0.1, -0.05) is 13.8 Å². The normalized spacial score (nSPS) is 12.0. The Labute approximate surface area is 131 Å². The van der Waals surface area contributed by atoms with Crippen LogP contribution in [0.4, 0.5) is 0 Å². The zero-order chi connectivity index (χ0) is 16.4. The van der Waals surface area contributed by atoms with Gasteiger partial charge in [0.2, 0.25) is 5.91 Å². The van der Waals surface area contributed by atoms with Crippen molar-refractivity contribution in [3.05, 3.63) is 30.1 Å². The molecule has 0 spiro atoms. The molecule has 1 N–H and O–H groups in total. The number of nitrogens with one attached hydrogen (secondary N) is 1.